The summed E-state index contributed by atoms with van der Waals surface area (Å²) in [7, 11) is 0. The molecule has 1 atom stereocenters. The standard InChI is InChI=1S/C16H21N3OS/c1-11-18-19-15(20-11)12-6-4-5-7-13(12)17-14-10-21-9-8-16(14,2)3/h4-7,14,17H,8-10H2,1-3H3. The number of aromatic nitrogens is 2. The van der Waals surface area contributed by atoms with Crippen molar-refractivity contribution in [2.45, 2.75) is 33.2 Å². The lowest BCUT2D eigenvalue weighted by Crippen LogP contribution is -2.41. The van der Waals surface area contributed by atoms with Crippen LogP contribution in [0.1, 0.15) is 26.2 Å². The molecule has 1 unspecified atom stereocenters. The SMILES string of the molecule is Cc1nnc(-c2ccccc2NC2CSCCC2(C)C)o1. The first kappa shape index (κ1) is 14.4. The van der Waals surface area contributed by atoms with Gasteiger partial charge in [0.1, 0.15) is 0 Å². The highest BCUT2D eigenvalue weighted by Gasteiger charge is 2.33. The van der Waals surface area contributed by atoms with E-state index in [0.29, 0.717) is 23.2 Å². The molecule has 0 radical (unpaired) electrons. The molecule has 1 aromatic heterocycles. The minimum Gasteiger partial charge on any atom is -0.421 e. The van der Waals surface area contributed by atoms with Crippen LogP contribution in [0.25, 0.3) is 11.5 Å². The molecule has 2 aromatic rings. The lowest BCUT2D eigenvalue weighted by molar-refractivity contribution is 0.305. The molecule has 0 bridgehead atoms. The van der Waals surface area contributed by atoms with Crippen molar-refractivity contribution in [2.24, 2.45) is 5.41 Å². The van der Waals surface area contributed by atoms with E-state index in [1.165, 1.54) is 12.2 Å². The Bertz CT molecular complexity index is 623. The fourth-order valence-corrected chi connectivity index (χ4v) is 4.17. The second-order valence-corrected chi connectivity index (χ2v) is 7.33. The molecule has 0 spiro atoms. The van der Waals surface area contributed by atoms with E-state index >= 15 is 0 Å². The summed E-state index contributed by atoms with van der Waals surface area (Å²) < 4.78 is 5.58. The molecule has 1 fully saturated rings. The molecule has 0 saturated carbocycles. The second-order valence-electron chi connectivity index (χ2n) is 6.18. The summed E-state index contributed by atoms with van der Waals surface area (Å²) >= 11 is 2.02. The van der Waals surface area contributed by atoms with Crippen LogP contribution >= 0.6 is 11.8 Å². The first-order valence-electron chi connectivity index (χ1n) is 7.30. The fraction of sp³-hybridized carbons (Fsp3) is 0.500. The van der Waals surface area contributed by atoms with E-state index in [4.69, 9.17) is 4.42 Å². The number of nitrogens with one attached hydrogen (secondary N) is 1. The number of nitrogens with zero attached hydrogens (tertiary/aromatic N) is 2. The molecular weight excluding hydrogens is 282 g/mol. The monoisotopic (exact) mass is 303 g/mol. The van der Waals surface area contributed by atoms with Crippen molar-refractivity contribution < 1.29 is 4.42 Å². The number of benzene rings is 1. The molecule has 21 heavy (non-hydrogen) atoms. The highest BCUT2D eigenvalue weighted by atomic mass is 32.2. The average Bonchev–Trinajstić information content (AvgIpc) is 2.88. The van der Waals surface area contributed by atoms with Crippen molar-refractivity contribution in [3.8, 4) is 11.5 Å². The number of para-hydroxylation sites is 1. The van der Waals surface area contributed by atoms with Crippen LogP contribution in [0, 0.1) is 12.3 Å². The smallest absolute Gasteiger partial charge is 0.249 e. The number of hydrogen-bond donors (Lipinski definition) is 1. The molecule has 0 aliphatic carbocycles. The molecule has 1 aromatic carbocycles. The van der Waals surface area contributed by atoms with Crippen molar-refractivity contribution >= 4 is 17.4 Å². The third-order valence-corrected chi connectivity index (χ3v) is 5.19. The van der Waals surface area contributed by atoms with Gasteiger partial charge in [-0.1, -0.05) is 26.0 Å². The van der Waals surface area contributed by atoms with Crippen LogP contribution in [-0.4, -0.2) is 27.7 Å². The Morgan fingerprint density at radius 2 is 2.10 bits per heavy atom. The number of hydrogen-bond acceptors (Lipinski definition) is 5. The van der Waals surface area contributed by atoms with E-state index in [9.17, 15) is 0 Å². The Kier molecular flexibility index (Phi) is 3.93. The summed E-state index contributed by atoms with van der Waals surface area (Å²) in [5.74, 6) is 3.55. The quantitative estimate of drug-likeness (QED) is 0.929. The molecule has 4 nitrogen and oxygen atoms in total. The zero-order chi connectivity index (χ0) is 14.9. The summed E-state index contributed by atoms with van der Waals surface area (Å²) in [6.07, 6.45) is 1.23. The van der Waals surface area contributed by atoms with Gasteiger partial charge < -0.3 is 9.73 Å². The van der Waals surface area contributed by atoms with Gasteiger partial charge in [-0.15, -0.1) is 10.2 Å². The van der Waals surface area contributed by atoms with Gasteiger partial charge in [-0.3, -0.25) is 0 Å². The highest BCUT2D eigenvalue weighted by molar-refractivity contribution is 7.99. The maximum Gasteiger partial charge on any atom is 0.249 e. The maximum atomic E-state index is 5.58. The van der Waals surface area contributed by atoms with E-state index in [0.717, 1.165) is 17.0 Å². The summed E-state index contributed by atoms with van der Waals surface area (Å²) in [6, 6.07) is 8.60. The topological polar surface area (TPSA) is 51.0 Å². The molecule has 0 amide bonds. The Morgan fingerprint density at radius 3 is 2.81 bits per heavy atom. The summed E-state index contributed by atoms with van der Waals surface area (Å²) in [5.41, 5.74) is 2.34. The summed E-state index contributed by atoms with van der Waals surface area (Å²) in [6.45, 7) is 6.49. The summed E-state index contributed by atoms with van der Waals surface area (Å²) in [5, 5.41) is 11.8. The molecule has 1 aliphatic heterocycles. The Balaban J connectivity index is 1.89. The molecular formula is C16H21N3OS. The van der Waals surface area contributed by atoms with Gasteiger partial charge in [-0.25, -0.2) is 0 Å². The van der Waals surface area contributed by atoms with Crippen LogP contribution in [0.5, 0.6) is 0 Å². The zero-order valence-electron chi connectivity index (χ0n) is 12.7. The van der Waals surface area contributed by atoms with Gasteiger partial charge in [0.15, 0.2) is 0 Å². The largest absolute Gasteiger partial charge is 0.421 e. The maximum absolute atomic E-state index is 5.58. The summed E-state index contributed by atoms with van der Waals surface area (Å²) in [4.78, 5) is 0. The predicted molar refractivity (Wildman–Crippen MR) is 87.6 cm³/mol. The van der Waals surface area contributed by atoms with E-state index in [2.05, 4.69) is 35.4 Å². The first-order chi connectivity index (χ1) is 10.1. The molecule has 2 heterocycles. The predicted octanol–water partition coefficient (Wildman–Crippen LogP) is 3.99. The van der Waals surface area contributed by atoms with Crippen LogP contribution in [0.4, 0.5) is 5.69 Å². The van der Waals surface area contributed by atoms with Crippen molar-refractivity contribution in [1.29, 1.82) is 0 Å². The van der Waals surface area contributed by atoms with Crippen LogP contribution in [0.3, 0.4) is 0 Å². The number of thioether (sulfide) groups is 1. The van der Waals surface area contributed by atoms with Crippen molar-refractivity contribution in [1.82, 2.24) is 10.2 Å². The van der Waals surface area contributed by atoms with Crippen LogP contribution in [0.2, 0.25) is 0 Å². The molecule has 5 heteroatoms. The van der Waals surface area contributed by atoms with E-state index < -0.39 is 0 Å². The van der Waals surface area contributed by atoms with Crippen LogP contribution in [0.15, 0.2) is 28.7 Å². The number of anilines is 1. The lowest BCUT2D eigenvalue weighted by Gasteiger charge is -2.39. The van der Waals surface area contributed by atoms with Crippen molar-refractivity contribution in [3.05, 3.63) is 30.2 Å². The van der Waals surface area contributed by atoms with Gasteiger partial charge in [-0.05, 0) is 29.7 Å². The second kappa shape index (κ2) is 5.72. The van der Waals surface area contributed by atoms with E-state index in [1.54, 1.807) is 0 Å². The third kappa shape index (κ3) is 3.07. The van der Waals surface area contributed by atoms with Gasteiger partial charge >= 0.3 is 0 Å². The minimum absolute atomic E-state index is 0.295. The zero-order valence-corrected chi connectivity index (χ0v) is 13.5. The van der Waals surface area contributed by atoms with Gasteiger partial charge in [0.25, 0.3) is 0 Å². The molecule has 1 N–H and O–H groups in total. The lowest BCUT2D eigenvalue weighted by atomic mass is 9.82. The van der Waals surface area contributed by atoms with Gasteiger partial charge in [0.05, 0.1) is 5.56 Å². The Hall–Kier alpha value is -1.49. The number of aryl methyl sites for hydroxylation is 1. The first-order valence-corrected chi connectivity index (χ1v) is 8.45. The van der Waals surface area contributed by atoms with Crippen LogP contribution in [-0.2, 0) is 0 Å². The fourth-order valence-electron chi connectivity index (χ4n) is 2.56. The van der Waals surface area contributed by atoms with Gasteiger partial charge in [0.2, 0.25) is 11.8 Å². The van der Waals surface area contributed by atoms with Crippen LogP contribution < -0.4 is 5.32 Å². The highest BCUT2D eigenvalue weighted by Crippen LogP contribution is 2.37. The molecule has 112 valence electrons. The van der Waals surface area contributed by atoms with Crippen molar-refractivity contribution in [2.75, 3.05) is 16.8 Å². The van der Waals surface area contributed by atoms with Gasteiger partial charge in [-0.2, -0.15) is 11.8 Å². The Morgan fingerprint density at radius 1 is 1.29 bits per heavy atom. The van der Waals surface area contributed by atoms with Crippen molar-refractivity contribution in [3.63, 3.8) is 0 Å². The average molecular weight is 303 g/mol. The van der Waals surface area contributed by atoms with E-state index in [-0.39, 0.29) is 0 Å². The van der Waals surface area contributed by atoms with E-state index in [1.807, 2.05) is 36.9 Å². The Labute approximate surface area is 129 Å². The molecule has 1 saturated heterocycles. The number of rotatable bonds is 3. The normalized spacial score (nSPS) is 21.2. The third-order valence-electron chi connectivity index (χ3n) is 4.13. The van der Waals surface area contributed by atoms with Gasteiger partial charge in [0, 0.05) is 24.4 Å². The molecule has 3 rings (SSSR count). The minimum atomic E-state index is 0.295. The molecule has 1 aliphatic rings.